The molecule has 0 amide bonds. The summed E-state index contributed by atoms with van der Waals surface area (Å²) in [6.45, 7) is 1.28. The molecule has 1 saturated carbocycles. The number of carbonyl (C=O) groups is 2. The number of rotatable bonds is 5. The first-order valence-corrected chi connectivity index (χ1v) is 8.29. The van der Waals surface area contributed by atoms with E-state index in [0.717, 1.165) is 6.42 Å². The van der Waals surface area contributed by atoms with Gasteiger partial charge in [-0.25, -0.2) is 8.42 Å². The summed E-state index contributed by atoms with van der Waals surface area (Å²) < 4.78 is 25.1. The molecular formula is C15H18O4S. The van der Waals surface area contributed by atoms with E-state index in [1.54, 1.807) is 18.2 Å². The van der Waals surface area contributed by atoms with Gasteiger partial charge in [0.2, 0.25) is 0 Å². The van der Waals surface area contributed by atoms with Crippen LogP contribution < -0.4 is 0 Å². The number of Topliss-reactive ketones (excluding diaryl/α,β-unsaturated/α-hetero) is 2. The summed E-state index contributed by atoms with van der Waals surface area (Å²) in [5.74, 6) is -0.601. The molecule has 2 atom stereocenters. The standard InChI is InChI=1S/C15H18O4S/c1-11(16)15(10-12-6-5-9-14(12)17)20(18,19)13-7-3-2-4-8-13/h2-4,7-8,12,15H,5-6,9-10H2,1H3. The minimum atomic E-state index is -3.71. The molecule has 2 rings (SSSR count). The molecule has 1 aromatic rings. The summed E-state index contributed by atoms with van der Waals surface area (Å²) in [5, 5.41) is -1.11. The Morgan fingerprint density at radius 2 is 1.95 bits per heavy atom. The van der Waals surface area contributed by atoms with E-state index in [1.807, 2.05) is 0 Å². The Morgan fingerprint density at radius 1 is 1.30 bits per heavy atom. The smallest absolute Gasteiger partial charge is 0.188 e. The van der Waals surface area contributed by atoms with Crippen molar-refractivity contribution in [3.05, 3.63) is 30.3 Å². The van der Waals surface area contributed by atoms with Crippen molar-refractivity contribution in [3.8, 4) is 0 Å². The lowest BCUT2D eigenvalue weighted by atomic mass is 9.99. The highest BCUT2D eigenvalue weighted by molar-refractivity contribution is 7.92. The van der Waals surface area contributed by atoms with Crippen LogP contribution in [0.4, 0.5) is 0 Å². The van der Waals surface area contributed by atoms with Gasteiger partial charge in [-0.05, 0) is 38.3 Å². The lowest BCUT2D eigenvalue weighted by Crippen LogP contribution is -2.32. The molecule has 4 nitrogen and oxygen atoms in total. The van der Waals surface area contributed by atoms with Crippen LogP contribution in [0.2, 0.25) is 0 Å². The van der Waals surface area contributed by atoms with Crippen molar-refractivity contribution in [1.82, 2.24) is 0 Å². The average molecular weight is 294 g/mol. The second kappa shape index (κ2) is 5.87. The highest BCUT2D eigenvalue weighted by Crippen LogP contribution is 2.30. The Kier molecular flexibility index (Phi) is 4.38. The van der Waals surface area contributed by atoms with E-state index in [0.29, 0.717) is 12.8 Å². The molecule has 1 aromatic carbocycles. The highest BCUT2D eigenvalue weighted by atomic mass is 32.2. The number of ketones is 2. The van der Waals surface area contributed by atoms with E-state index in [2.05, 4.69) is 0 Å². The van der Waals surface area contributed by atoms with Gasteiger partial charge in [-0.1, -0.05) is 18.2 Å². The van der Waals surface area contributed by atoms with Gasteiger partial charge in [-0.3, -0.25) is 9.59 Å². The van der Waals surface area contributed by atoms with Crippen molar-refractivity contribution in [2.75, 3.05) is 0 Å². The monoisotopic (exact) mass is 294 g/mol. The van der Waals surface area contributed by atoms with E-state index in [1.165, 1.54) is 19.1 Å². The first-order valence-electron chi connectivity index (χ1n) is 6.75. The lowest BCUT2D eigenvalue weighted by Gasteiger charge is -2.18. The fourth-order valence-electron chi connectivity index (χ4n) is 2.68. The second-order valence-corrected chi connectivity index (χ2v) is 7.38. The van der Waals surface area contributed by atoms with Crippen molar-refractivity contribution in [3.63, 3.8) is 0 Å². The fourth-order valence-corrected chi connectivity index (χ4v) is 4.47. The van der Waals surface area contributed by atoms with Crippen LogP contribution in [0, 0.1) is 5.92 Å². The van der Waals surface area contributed by atoms with Gasteiger partial charge in [0.15, 0.2) is 9.84 Å². The van der Waals surface area contributed by atoms with Crippen LogP contribution in [0.3, 0.4) is 0 Å². The van der Waals surface area contributed by atoms with E-state index in [-0.39, 0.29) is 23.0 Å². The van der Waals surface area contributed by atoms with Gasteiger partial charge in [-0.2, -0.15) is 0 Å². The highest BCUT2D eigenvalue weighted by Gasteiger charge is 2.36. The number of hydrogen-bond donors (Lipinski definition) is 0. The maximum atomic E-state index is 12.5. The first kappa shape index (κ1) is 14.9. The lowest BCUT2D eigenvalue weighted by molar-refractivity contribution is -0.121. The molecule has 20 heavy (non-hydrogen) atoms. The molecule has 0 N–H and O–H groups in total. The summed E-state index contributed by atoms with van der Waals surface area (Å²) in [4.78, 5) is 23.6. The molecule has 0 bridgehead atoms. The van der Waals surface area contributed by atoms with Gasteiger partial charge in [-0.15, -0.1) is 0 Å². The fraction of sp³-hybridized carbons (Fsp3) is 0.467. The molecule has 1 aliphatic carbocycles. The molecular weight excluding hydrogens is 276 g/mol. The van der Waals surface area contributed by atoms with Crippen LogP contribution in [0.15, 0.2) is 35.2 Å². The largest absolute Gasteiger partial charge is 0.299 e. The maximum Gasteiger partial charge on any atom is 0.188 e. The summed E-state index contributed by atoms with van der Waals surface area (Å²) >= 11 is 0. The number of carbonyl (C=O) groups excluding carboxylic acids is 2. The molecule has 0 spiro atoms. The topological polar surface area (TPSA) is 68.3 Å². The zero-order valence-corrected chi connectivity index (χ0v) is 12.2. The van der Waals surface area contributed by atoms with Crippen molar-refractivity contribution >= 4 is 21.4 Å². The third-order valence-electron chi connectivity index (χ3n) is 3.83. The predicted octanol–water partition coefficient (Wildman–Crippen LogP) is 2.18. The van der Waals surface area contributed by atoms with E-state index in [4.69, 9.17) is 0 Å². The van der Waals surface area contributed by atoms with Gasteiger partial charge >= 0.3 is 0 Å². The zero-order chi connectivity index (χ0) is 14.8. The molecule has 108 valence electrons. The normalized spacial score (nSPS) is 20.9. The quantitative estimate of drug-likeness (QED) is 0.834. The first-order chi connectivity index (χ1) is 9.43. The van der Waals surface area contributed by atoms with Crippen molar-refractivity contribution in [1.29, 1.82) is 0 Å². The van der Waals surface area contributed by atoms with Crippen LogP contribution in [-0.4, -0.2) is 25.2 Å². The summed E-state index contributed by atoms with van der Waals surface area (Å²) in [7, 11) is -3.71. The van der Waals surface area contributed by atoms with Gasteiger partial charge in [0, 0.05) is 12.3 Å². The van der Waals surface area contributed by atoms with Gasteiger partial charge in [0.05, 0.1) is 4.90 Å². The summed E-state index contributed by atoms with van der Waals surface area (Å²) in [6, 6.07) is 7.96. The molecule has 1 aliphatic rings. The minimum Gasteiger partial charge on any atom is -0.299 e. The maximum absolute atomic E-state index is 12.5. The van der Waals surface area contributed by atoms with Gasteiger partial charge < -0.3 is 0 Å². The predicted molar refractivity (Wildman–Crippen MR) is 75.1 cm³/mol. The summed E-state index contributed by atoms with van der Waals surface area (Å²) in [6.07, 6.45) is 2.10. The average Bonchev–Trinajstić information content (AvgIpc) is 2.82. The zero-order valence-electron chi connectivity index (χ0n) is 11.4. The molecule has 0 radical (unpaired) electrons. The number of benzene rings is 1. The second-order valence-electron chi connectivity index (χ2n) is 5.25. The molecule has 1 fully saturated rings. The van der Waals surface area contributed by atoms with Crippen molar-refractivity contribution in [2.24, 2.45) is 5.92 Å². The number of hydrogen-bond acceptors (Lipinski definition) is 4. The molecule has 0 heterocycles. The van der Waals surface area contributed by atoms with Crippen LogP contribution >= 0.6 is 0 Å². The molecule has 0 saturated heterocycles. The van der Waals surface area contributed by atoms with Crippen LogP contribution in [0.5, 0.6) is 0 Å². The third kappa shape index (κ3) is 2.98. The van der Waals surface area contributed by atoms with Crippen molar-refractivity contribution < 1.29 is 18.0 Å². The van der Waals surface area contributed by atoms with E-state index in [9.17, 15) is 18.0 Å². The minimum absolute atomic E-state index is 0.0829. The Bertz CT molecular complexity index is 604. The van der Waals surface area contributed by atoms with E-state index < -0.39 is 20.9 Å². The Hall–Kier alpha value is -1.49. The molecule has 0 aliphatic heterocycles. The summed E-state index contributed by atoms with van der Waals surface area (Å²) in [5.41, 5.74) is 0. The molecule has 2 unspecified atom stereocenters. The van der Waals surface area contributed by atoms with Crippen LogP contribution in [-0.2, 0) is 19.4 Å². The molecule has 5 heteroatoms. The Balaban J connectivity index is 2.29. The SMILES string of the molecule is CC(=O)C(CC1CCCC1=O)S(=O)(=O)c1ccccc1. The van der Waals surface area contributed by atoms with Crippen molar-refractivity contribution in [2.45, 2.75) is 42.8 Å². The Labute approximate surface area is 119 Å². The molecule has 0 aromatic heterocycles. The van der Waals surface area contributed by atoms with Crippen LogP contribution in [0.25, 0.3) is 0 Å². The third-order valence-corrected chi connectivity index (χ3v) is 6.03. The number of sulfone groups is 1. The Morgan fingerprint density at radius 3 is 2.45 bits per heavy atom. The van der Waals surface area contributed by atoms with Crippen LogP contribution in [0.1, 0.15) is 32.6 Å². The van der Waals surface area contributed by atoms with Gasteiger partial charge in [0.1, 0.15) is 16.8 Å². The van der Waals surface area contributed by atoms with Gasteiger partial charge in [0.25, 0.3) is 0 Å². The van der Waals surface area contributed by atoms with E-state index >= 15 is 0 Å².